The van der Waals surface area contributed by atoms with E-state index in [9.17, 15) is 0 Å². The molecule has 0 bridgehead atoms. The molecule has 0 aliphatic rings. The van der Waals surface area contributed by atoms with Crippen molar-refractivity contribution in [1.82, 2.24) is 10.3 Å². The van der Waals surface area contributed by atoms with Crippen LogP contribution in [-0.2, 0) is 0 Å². The van der Waals surface area contributed by atoms with E-state index in [0.717, 1.165) is 25.1 Å². The lowest BCUT2D eigenvalue weighted by Gasteiger charge is -2.12. The Balaban J connectivity index is 2.20. The van der Waals surface area contributed by atoms with Gasteiger partial charge in [-0.05, 0) is 38.4 Å². The lowest BCUT2D eigenvalue weighted by molar-refractivity contribution is 0.539. The topological polar surface area (TPSA) is 48.7 Å². The highest BCUT2D eigenvalue weighted by atomic mass is 14.9. The fraction of sp³-hybridized carbons (Fsp3) is 0.500. The molecule has 0 amide bonds. The van der Waals surface area contributed by atoms with E-state index in [1.54, 1.807) is 0 Å². The van der Waals surface area contributed by atoms with Crippen LogP contribution in [0.2, 0.25) is 0 Å². The van der Waals surface area contributed by atoms with Gasteiger partial charge in [0.15, 0.2) is 0 Å². The van der Waals surface area contributed by atoms with Crippen molar-refractivity contribution in [2.75, 3.05) is 6.54 Å². The summed E-state index contributed by atoms with van der Waals surface area (Å²) in [6, 6.07) is 8.37. The van der Waals surface area contributed by atoms with Gasteiger partial charge in [0.2, 0.25) is 0 Å². The summed E-state index contributed by atoms with van der Waals surface area (Å²) in [5.41, 5.74) is 1.07. The molecular formula is C12H17N3. The molecule has 0 fully saturated rings. The molecule has 1 N–H and O–H groups in total. The van der Waals surface area contributed by atoms with Crippen molar-refractivity contribution in [1.29, 1.82) is 5.26 Å². The van der Waals surface area contributed by atoms with Crippen LogP contribution in [0.25, 0.3) is 0 Å². The first kappa shape index (κ1) is 11.7. The molecule has 1 rings (SSSR count). The molecule has 1 atom stereocenters. The van der Waals surface area contributed by atoms with Gasteiger partial charge in [-0.2, -0.15) is 5.26 Å². The second-order valence-corrected chi connectivity index (χ2v) is 3.55. The van der Waals surface area contributed by atoms with Gasteiger partial charge in [-0.3, -0.25) is 4.98 Å². The van der Waals surface area contributed by atoms with E-state index < -0.39 is 0 Å². The van der Waals surface area contributed by atoms with Crippen LogP contribution in [0.3, 0.4) is 0 Å². The average Bonchev–Trinajstić information content (AvgIpc) is 2.30. The fourth-order valence-corrected chi connectivity index (χ4v) is 1.38. The van der Waals surface area contributed by atoms with Crippen LogP contribution in [0.15, 0.2) is 24.4 Å². The molecule has 1 unspecified atom stereocenters. The second-order valence-electron chi connectivity index (χ2n) is 3.55. The van der Waals surface area contributed by atoms with Crippen LogP contribution in [0.5, 0.6) is 0 Å². The average molecular weight is 203 g/mol. The van der Waals surface area contributed by atoms with Crippen LogP contribution < -0.4 is 5.32 Å². The Morgan fingerprint density at radius 3 is 3.00 bits per heavy atom. The zero-order valence-electron chi connectivity index (χ0n) is 9.11. The maximum absolute atomic E-state index is 8.37. The molecule has 1 heterocycles. The number of pyridine rings is 1. The van der Waals surface area contributed by atoms with Crippen LogP contribution in [0.1, 0.15) is 37.9 Å². The van der Waals surface area contributed by atoms with E-state index in [0.29, 0.717) is 6.42 Å². The SMILES string of the molecule is CC(NCCCCC#N)c1ccccn1. The third-order valence-electron chi connectivity index (χ3n) is 2.30. The largest absolute Gasteiger partial charge is 0.309 e. The highest BCUT2D eigenvalue weighted by Crippen LogP contribution is 2.07. The van der Waals surface area contributed by atoms with Gasteiger partial charge in [0.05, 0.1) is 11.8 Å². The number of nitrogens with zero attached hydrogens (tertiary/aromatic N) is 2. The summed E-state index contributed by atoms with van der Waals surface area (Å²) in [7, 11) is 0. The van der Waals surface area contributed by atoms with Crippen molar-refractivity contribution in [2.45, 2.75) is 32.2 Å². The van der Waals surface area contributed by atoms with Gasteiger partial charge in [0.25, 0.3) is 0 Å². The Bertz CT molecular complexity index is 302. The monoisotopic (exact) mass is 203 g/mol. The highest BCUT2D eigenvalue weighted by molar-refractivity contribution is 5.07. The molecule has 1 aromatic rings. The number of unbranched alkanes of at least 4 members (excludes halogenated alkanes) is 2. The molecule has 3 heteroatoms. The van der Waals surface area contributed by atoms with Crippen molar-refractivity contribution < 1.29 is 0 Å². The molecule has 0 aliphatic carbocycles. The molecule has 0 aromatic carbocycles. The van der Waals surface area contributed by atoms with Crippen LogP contribution in [0, 0.1) is 11.3 Å². The Morgan fingerprint density at radius 2 is 2.33 bits per heavy atom. The van der Waals surface area contributed by atoms with E-state index >= 15 is 0 Å². The minimum atomic E-state index is 0.285. The number of nitrogens with one attached hydrogen (secondary N) is 1. The van der Waals surface area contributed by atoms with Crippen molar-refractivity contribution in [2.24, 2.45) is 0 Å². The maximum Gasteiger partial charge on any atom is 0.0621 e. The third kappa shape index (κ3) is 4.57. The molecule has 0 aliphatic heterocycles. The lowest BCUT2D eigenvalue weighted by atomic mass is 10.2. The van der Waals surface area contributed by atoms with Crippen LogP contribution in [0.4, 0.5) is 0 Å². The summed E-state index contributed by atoms with van der Waals surface area (Å²) in [4.78, 5) is 4.28. The van der Waals surface area contributed by atoms with Crippen LogP contribution >= 0.6 is 0 Å². The highest BCUT2D eigenvalue weighted by Gasteiger charge is 2.03. The maximum atomic E-state index is 8.37. The molecule has 0 radical (unpaired) electrons. The zero-order valence-corrected chi connectivity index (χ0v) is 9.11. The van der Waals surface area contributed by atoms with E-state index in [1.807, 2.05) is 24.4 Å². The summed E-state index contributed by atoms with van der Waals surface area (Å²) in [5.74, 6) is 0. The predicted molar refractivity (Wildman–Crippen MR) is 60.1 cm³/mol. The molecule has 0 spiro atoms. The van der Waals surface area contributed by atoms with E-state index in [1.165, 1.54) is 0 Å². The van der Waals surface area contributed by atoms with Gasteiger partial charge in [-0.1, -0.05) is 6.07 Å². The molecule has 15 heavy (non-hydrogen) atoms. The van der Waals surface area contributed by atoms with Gasteiger partial charge in [-0.25, -0.2) is 0 Å². The van der Waals surface area contributed by atoms with Crippen molar-refractivity contribution in [3.05, 3.63) is 30.1 Å². The van der Waals surface area contributed by atoms with Gasteiger partial charge in [-0.15, -0.1) is 0 Å². The number of nitriles is 1. The Labute approximate surface area is 91.1 Å². The number of hydrogen-bond acceptors (Lipinski definition) is 3. The Kier molecular flexibility index (Phi) is 5.42. The van der Waals surface area contributed by atoms with Crippen molar-refractivity contribution in [3.63, 3.8) is 0 Å². The van der Waals surface area contributed by atoms with E-state index in [-0.39, 0.29) is 6.04 Å². The van der Waals surface area contributed by atoms with Crippen molar-refractivity contribution in [3.8, 4) is 6.07 Å². The van der Waals surface area contributed by atoms with Crippen LogP contribution in [-0.4, -0.2) is 11.5 Å². The first-order valence-corrected chi connectivity index (χ1v) is 5.36. The zero-order chi connectivity index (χ0) is 10.9. The Morgan fingerprint density at radius 1 is 1.47 bits per heavy atom. The normalized spacial score (nSPS) is 12.0. The summed E-state index contributed by atoms with van der Waals surface area (Å²) in [6.07, 6.45) is 4.48. The summed E-state index contributed by atoms with van der Waals surface area (Å²) < 4.78 is 0. The minimum absolute atomic E-state index is 0.285. The van der Waals surface area contributed by atoms with E-state index in [4.69, 9.17) is 5.26 Å². The van der Waals surface area contributed by atoms with Gasteiger partial charge in [0, 0.05) is 18.7 Å². The molecule has 0 saturated carbocycles. The lowest BCUT2D eigenvalue weighted by Crippen LogP contribution is -2.20. The summed E-state index contributed by atoms with van der Waals surface area (Å²) in [5, 5.41) is 11.8. The molecule has 0 saturated heterocycles. The smallest absolute Gasteiger partial charge is 0.0621 e. The van der Waals surface area contributed by atoms with Crippen molar-refractivity contribution >= 4 is 0 Å². The number of aromatic nitrogens is 1. The third-order valence-corrected chi connectivity index (χ3v) is 2.30. The fourth-order valence-electron chi connectivity index (χ4n) is 1.38. The standard InChI is InChI=1S/C12H17N3/c1-11(12-7-3-6-10-15-12)14-9-5-2-4-8-13/h3,6-7,10-11,14H,2,4-5,9H2,1H3. The first-order chi connectivity index (χ1) is 7.34. The molecule has 3 nitrogen and oxygen atoms in total. The number of hydrogen-bond donors (Lipinski definition) is 1. The van der Waals surface area contributed by atoms with E-state index in [2.05, 4.69) is 23.3 Å². The molecule has 1 aromatic heterocycles. The quantitative estimate of drug-likeness (QED) is 0.722. The number of rotatable bonds is 6. The van der Waals surface area contributed by atoms with Gasteiger partial charge < -0.3 is 5.32 Å². The summed E-state index contributed by atoms with van der Waals surface area (Å²) >= 11 is 0. The molecule has 80 valence electrons. The second kappa shape index (κ2) is 6.97. The molecular weight excluding hydrogens is 186 g/mol. The first-order valence-electron chi connectivity index (χ1n) is 5.36. The minimum Gasteiger partial charge on any atom is -0.309 e. The van der Waals surface area contributed by atoms with Gasteiger partial charge in [0.1, 0.15) is 0 Å². The predicted octanol–water partition coefficient (Wildman–Crippen LogP) is 2.43. The summed E-state index contributed by atoms with van der Waals surface area (Å²) in [6.45, 7) is 3.05. The Hall–Kier alpha value is -1.40. The van der Waals surface area contributed by atoms with Gasteiger partial charge >= 0.3 is 0 Å².